The van der Waals surface area contributed by atoms with Crippen LogP contribution < -0.4 is 4.74 Å². The Kier molecular flexibility index (Phi) is 5.47. The number of carbonyl (C=O) groups is 2. The van der Waals surface area contributed by atoms with Gasteiger partial charge in [-0.05, 0) is 55.3 Å². The van der Waals surface area contributed by atoms with Crippen LogP contribution in [0.5, 0.6) is 11.5 Å². The van der Waals surface area contributed by atoms with E-state index in [1.54, 1.807) is 28.0 Å². The third-order valence-electron chi connectivity index (χ3n) is 5.73. The average molecular weight is 430 g/mol. The number of fused-ring (bicyclic) bond motifs is 1. The SMILES string of the molecule is C=CC(=O)N1CCC(N2CCc3c(Oc4ccc(C(F)(F)F)cc4)cccc3C2=O)C1. The molecule has 2 aromatic rings. The molecule has 1 fully saturated rings. The smallest absolute Gasteiger partial charge is 0.416 e. The number of halogens is 3. The Bertz CT molecular complexity index is 1020. The number of nitrogens with zero attached hydrogens (tertiary/aromatic N) is 2. The normalized spacial score (nSPS) is 18.7. The highest BCUT2D eigenvalue weighted by Gasteiger charge is 2.36. The lowest BCUT2D eigenvalue weighted by Gasteiger charge is -2.34. The molecular formula is C23H21F3N2O3. The maximum absolute atomic E-state index is 13.1. The third-order valence-corrected chi connectivity index (χ3v) is 5.73. The summed E-state index contributed by atoms with van der Waals surface area (Å²) in [5, 5.41) is 0. The van der Waals surface area contributed by atoms with Crippen molar-refractivity contribution in [1.29, 1.82) is 0 Å². The van der Waals surface area contributed by atoms with Crippen molar-refractivity contribution >= 4 is 11.8 Å². The lowest BCUT2D eigenvalue weighted by molar-refractivity contribution is -0.137. The number of ether oxygens (including phenoxy) is 1. The van der Waals surface area contributed by atoms with Crippen molar-refractivity contribution in [2.75, 3.05) is 19.6 Å². The molecule has 2 amide bonds. The number of carbonyl (C=O) groups excluding carboxylic acids is 2. The van der Waals surface area contributed by atoms with Gasteiger partial charge < -0.3 is 14.5 Å². The maximum atomic E-state index is 13.1. The summed E-state index contributed by atoms with van der Waals surface area (Å²) < 4.78 is 44.1. The summed E-state index contributed by atoms with van der Waals surface area (Å²) in [7, 11) is 0. The van der Waals surface area contributed by atoms with Crippen molar-refractivity contribution in [2.45, 2.75) is 25.1 Å². The first-order valence-electron chi connectivity index (χ1n) is 9.97. The number of alkyl halides is 3. The van der Waals surface area contributed by atoms with Gasteiger partial charge in [0, 0.05) is 30.8 Å². The maximum Gasteiger partial charge on any atom is 0.416 e. The first-order chi connectivity index (χ1) is 14.8. The van der Waals surface area contributed by atoms with Crippen LogP contribution in [0, 0.1) is 0 Å². The van der Waals surface area contributed by atoms with E-state index >= 15 is 0 Å². The summed E-state index contributed by atoms with van der Waals surface area (Å²) in [6.45, 7) is 5.06. The van der Waals surface area contributed by atoms with Crippen LogP contribution in [0.15, 0.2) is 55.1 Å². The molecule has 4 rings (SSSR count). The molecule has 0 spiro atoms. The summed E-state index contributed by atoms with van der Waals surface area (Å²) in [6, 6.07) is 9.55. The lowest BCUT2D eigenvalue weighted by atomic mass is 9.96. The minimum atomic E-state index is -4.41. The van der Waals surface area contributed by atoms with Gasteiger partial charge in [0.15, 0.2) is 0 Å². The fourth-order valence-electron chi connectivity index (χ4n) is 4.12. The van der Waals surface area contributed by atoms with Gasteiger partial charge >= 0.3 is 6.18 Å². The van der Waals surface area contributed by atoms with E-state index in [4.69, 9.17) is 4.74 Å². The second kappa shape index (κ2) is 8.09. The van der Waals surface area contributed by atoms with Crippen LogP contribution in [0.25, 0.3) is 0 Å². The Morgan fingerprint density at radius 3 is 2.55 bits per heavy atom. The lowest BCUT2D eigenvalue weighted by Crippen LogP contribution is -2.46. The van der Waals surface area contributed by atoms with Gasteiger partial charge in [0.2, 0.25) is 5.91 Å². The summed E-state index contributed by atoms with van der Waals surface area (Å²) in [5.41, 5.74) is 0.506. The van der Waals surface area contributed by atoms with Crippen LogP contribution in [0.3, 0.4) is 0 Å². The minimum Gasteiger partial charge on any atom is -0.457 e. The molecule has 31 heavy (non-hydrogen) atoms. The molecule has 8 heteroatoms. The van der Waals surface area contributed by atoms with Crippen molar-refractivity contribution in [3.8, 4) is 11.5 Å². The second-order valence-electron chi connectivity index (χ2n) is 7.59. The first-order valence-corrected chi connectivity index (χ1v) is 9.97. The molecule has 2 aliphatic rings. The minimum absolute atomic E-state index is 0.0518. The topological polar surface area (TPSA) is 49.9 Å². The van der Waals surface area contributed by atoms with E-state index < -0.39 is 11.7 Å². The van der Waals surface area contributed by atoms with Crippen LogP contribution in [0.2, 0.25) is 0 Å². The Balaban J connectivity index is 1.51. The Morgan fingerprint density at radius 2 is 1.87 bits per heavy atom. The number of amides is 2. The van der Waals surface area contributed by atoms with Gasteiger partial charge in [0.1, 0.15) is 11.5 Å². The molecule has 1 atom stereocenters. The molecular weight excluding hydrogens is 409 g/mol. The van der Waals surface area contributed by atoms with Gasteiger partial charge in [-0.15, -0.1) is 0 Å². The van der Waals surface area contributed by atoms with Crippen LogP contribution >= 0.6 is 0 Å². The van der Waals surface area contributed by atoms with Crippen LogP contribution in [0.4, 0.5) is 13.2 Å². The van der Waals surface area contributed by atoms with E-state index in [1.807, 2.05) is 0 Å². The Labute approximate surface area is 177 Å². The van der Waals surface area contributed by atoms with Crippen molar-refractivity contribution in [1.82, 2.24) is 9.80 Å². The van der Waals surface area contributed by atoms with E-state index in [-0.39, 0.29) is 23.6 Å². The van der Waals surface area contributed by atoms with E-state index in [9.17, 15) is 22.8 Å². The van der Waals surface area contributed by atoms with Gasteiger partial charge in [0.05, 0.1) is 11.6 Å². The average Bonchev–Trinajstić information content (AvgIpc) is 3.24. The zero-order chi connectivity index (χ0) is 22.2. The van der Waals surface area contributed by atoms with Crippen molar-refractivity contribution in [3.63, 3.8) is 0 Å². The molecule has 0 aromatic heterocycles. The number of rotatable bonds is 4. The van der Waals surface area contributed by atoms with Crippen LogP contribution in [-0.4, -0.2) is 47.3 Å². The number of hydrogen-bond donors (Lipinski definition) is 0. The van der Waals surface area contributed by atoms with Gasteiger partial charge in [-0.2, -0.15) is 13.2 Å². The molecule has 2 aromatic carbocycles. The highest BCUT2D eigenvalue weighted by Crippen LogP contribution is 2.35. The molecule has 2 heterocycles. The molecule has 2 aliphatic heterocycles. The van der Waals surface area contributed by atoms with E-state index in [0.29, 0.717) is 43.8 Å². The standard InChI is InChI=1S/C23H21F3N2O3/c1-2-21(29)27-12-10-16(14-27)28-13-11-18-19(22(28)30)4-3-5-20(18)31-17-8-6-15(7-9-17)23(24,25)26/h2-9,16H,1,10-14H2. The van der Waals surface area contributed by atoms with Crippen LogP contribution in [0.1, 0.15) is 27.9 Å². The molecule has 1 saturated heterocycles. The Morgan fingerprint density at radius 1 is 1.13 bits per heavy atom. The fraction of sp³-hybridized carbons (Fsp3) is 0.304. The largest absolute Gasteiger partial charge is 0.457 e. The molecule has 0 N–H and O–H groups in total. The van der Waals surface area contributed by atoms with Crippen molar-refractivity contribution in [2.24, 2.45) is 0 Å². The molecule has 0 bridgehead atoms. The predicted molar refractivity (Wildman–Crippen MR) is 108 cm³/mol. The van der Waals surface area contributed by atoms with E-state index in [0.717, 1.165) is 17.7 Å². The van der Waals surface area contributed by atoms with Gasteiger partial charge in [-0.3, -0.25) is 9.59 Å². The number of hydrogen-bond acceptors (Lipinski definition) is 3. The van der Waals surface area contributed by atoms with Gasteiger partial charge in [-0.25, -0.2) is 0 Å². The zero-order valence-electron chi connectivity index (χ0n) is 16.7. The Hall–Kier alpha value is -3.29. The van der Waals surface area contributed by atoms with Gasteiger partial charge in [0.25, 0.3) is 5.91 Å². The zero-order valence-corrected chi connectivity index (χ0v) is 16.7. The predicted octanol–water partition coefficient (Wildman–Crippen LogP) is 4.28. The molecule has 1 unspecified atom stereocenters. The van der Waals surface area contributed by atoms with E-state index in [2.05, 4.69) is 6.58 Å². The van der Waals surface area contributed by atoms with Crippen LogP contribution in [-0.2, 0) is 17.4 Å². The summed E-state index contributed by atoms with van der Waals surface area (Å²) in [5.74, 6) is 0.461. The fourth-order valence-corrected chi connectivity index (χ4v) is 4.12. The second-order valence-corrected chi connectivity index (χ2v) is 7.59. The van der Waals surface area contributed by atoms with Crippen molar-refractivity contribution < 1.29 is 27.5 Å². The molecule has 0 radical (unpaired) electrons. The number of benzene rings is 2. The third kappa shape index (κ3) is 4.15. The summed E-state index contributed by atoms with van der Waals surface area (Å²) >= 11 is 0. The first kappa shape index (κ1) is 21.0. The highest BCUT2D eigenvalue weighted by molar-refractivity contribution is 5.98. The number of likely N-dealkylation sites (tertiary alicyclic amines) is 1. The monoisotopic (exact) mass is 430 g/mol. The molecule has 0 saturated carbocycles. The van der Waals surface area contributed by atoms with Crippen molar-refractivity contribution in [3.05, 3.63) is 71.8 Å². The summed E-state index contributed by atoms with van der Waals surface area (Å²) in [6.07, 6.45) is -1.86. The van der Waals surface area contributed by atoms with Gasteiger partial charge in [-0.1, -0.05) is 12.6 Å². The van der Waals surface area contributed by atoms with E-state index in [1.165, 1.54) is 18.2 Å². The summed E-state index contributed by atoms with van der Waals surface area (Å²) in [4.78, 5) is 28.5. The highest BCUT2D eigenvalue weighted by atomic mass is 19.4. The quantitative estimate of drug-likeness (QED) is 0.681. The molecule has 0 aliphatic carbocycles. The molecule has 162 valence electrons. The molecule has 5 nitrogen and oxygen atoms in total.